The van der Waals surface area contributed by atoms with Crippen molar-refractivity contribution in [3.05, 3.63) is 45.0 Å². The predicted octanol–water partition coefficient (Wildman–Crippen LogP) is 2.88. The van der Waals surface area contributed by atoms with Gasteiger partial charge in [-0.25, -0.2) is 4.98 Å². The Morgan fingerprint density at radius 1 is 1.42 bits per heavy atom. The van der Waals surface area contributed by atoms with Crippen molar-refractivity contribution in [3.63, 3.8) is 0 Å². The molecule has 1 heterocycles. The molecule has 0 radical (unpaired) electrons. The molecule has 0 amide bonds. The van der Waals surface area contributed by atoms with Crippen LogP contribution in [-0.4, -0.2) is 19.9 Å². The molecule has 0 saturated carbocycles. The molecule has 0 aliphatic heterocycles. The predicted molar refractivity (Wildman–Crippen MR) is 82.9 cm³/mol. The number of hydrogen-bond donors (Lipinski definition) is 1. The van der Waals surface area contributed by atoms with Crippen molar-refractivity contribution in [1.82, 2.24) is 14.8 Å². The van der Waals surface area contributed by atoms with E-state index in [1.165, 1.54) is 5.56 Å². The van der Waals surface area contributed by atoms with E-state index in [1.807, 2.05) is 16.8 Å². The summed E-state index contributed by atoms with van der Waals surface area (Å²) in [5.41, 5.74) is 2.15. The van der Waals surface area contributed by atoms with E-state index in [4.69, 9.17) is 0 Å². The van der Waals surface area contributed by atoms with Gasteiger partial charge in [0.2, 0.25) is 0 Å². The molecule has 5 heteroatoms. The van der Waals surface area contributed by atoms with E-state index in [-0.39, 0.29) is 0 Å². The highest BCUT2D eigenvalue weighted by molar-refractivity contribution is 14.1. The lowest BCUT2D eigenvalue weighted by atomic mass is 10.0. The minimum atomic E-state index is -0.536. The topological polar surface area (TPSA) is 50.9 Å². The monoisotopic (exact) mass is 371 g/mol. The number of halogens is 1. The van der Waals surface area contributed by atoms with Gasteiger partial charge in [-0.3, -0.25) is 4.68 Å². The minimum Gasteiger partial charge on any atom is -0.388 e. The Balaban J connectivity index is 2.18. The number of aliphatic hydroxyl groups excluding tert-OH is 1. The normalized spacial score (nSPS) is 12.6. The van der Waals surface area contributed by atoms with E-state index in [0.717, 1.165) is 27.9 Å². The van der Waals surface area contributed by atoms with Crippen LogP contribution in [0, 0.1) is 10.5 Å². The highest BCUT2D eigenvalue weighted by atomic mass is 127. The summed E-state index contributed by atoms with van der Waals surface area (Å²) in [4.78, 5) is 4.24. The zero-order valence-corrected chi connectivity index (χ0v) is 13.3. The quantitative estimate of drug-likeness (QED) is 0.823. The van der Waals surface area contributed by atoms with E-state index < -0.39 is 6.10 Å². The molecule has 0 bridgehead atoms. The van der Waals surface area contributed by atoms with Crippen molar-refractivity contribution in [3.8, 4) is 0 Å². The van der Waals surface area contributed by atoms with Gasteiger partial charge in [-0.1, -0.05) is 25.1 Å². The van der Waals surface area contributed by atoms with Crippen molar-refractivity contribution >= 4 is 22.6 Å². The molecule has 1 atom stereocenters. The third-order valence-electron chi connectivity index (χ3n) is 3.09. The van der Waals surface area contributed by atoms with Crippen LogP contribution < -0.4 is 0 Å². The number of aromatic nitrogens is 3. The number of aliphatic hydroxyl groups is 1. The van der Waals surface area contributed by atoms with Gasteiger partial charge in [0.25, 0.3) is 0 Å². The molecule has 1 aromatic heterocycles. The van der Waals surface area contributed by atoms with Gasteiger partial charge in [0.1, 0.15) is 12.2 Å². The van der Waals surface area contributed by atoms with Gasteiger partial charge in [0.05, 0.1) is 6.10 Å². The highest BCUT2D eigenvalue weighted by Crippen LogP contribution is 2.25. The number of benzene rings is 1. The van der Waals surface area contributed by atoms with Crippen molar-refractivity contribution < 1.29 is 5.11 Å². The molecular formula is C14H18IN3O. The van der Waals surface area contributed by atoms with Gasteiger partial charge in [0, 0.05) is 16.5 Å². The van der Waals surface area contributed by atoms with Gasteiger partial charge in [-0.2, -0.15) is 5.10 Å². The lowest BCUT2D eigenvalue weighted by molar-refractivity contribution is 0.173. The first kappa shape index (κ1) is 14.5. The van der Waals surface area contributed by atoms with Gasteiger partial charge in [-0.05, 0) is 47.1 Å². The Hall–Kier alpha value is -0.950. The summed E-state index contributed by atoms with van der Waals surface area (Å²) in [6, 6.07) is 6.00. The van der Waals surface area contributed by atoms with Crippen LogP contribution in [0.15, 0.2) is 24.5 Å². The van der Waals surface area contributed by atoms with E-state index >= 15 is 0 Å². The first-order chi connectivity index (χ1) is 9.13. The molecule has 2 rings (SSSR count). The molecule has 1 aromatic carbocycles. The first-order valence-electron chi connectivity index (χ1n) is 6.43. The standard InChI is InChI=1S/C14H18IN3O/c1-3-7-18-13(16-9-17-18)8-12(19)11-6-4-5-10(2)14(11)15/h4-6,9,12,19H,3,7-8H2,1-2H3. The molecular weight excluding hydrogens is 353 g/mol. The average molecular weight is 371 g/mol. The molecule has 19 heavy (non-hydrogen) atoms. The SMILES string of the molecule is CCCn1ncnc1CC(O)c1cccc(C)c1I. The second-order valence-electron chi connectivity index (χ2n) is 4.60. The number of rotatable bonds is 5. The summed E-state index contributed by atoms with van der Waals surface area (Å²) in [6.45, 7) is 5.00. The second-order valence-corrected chi connectivity index (χ2v) is 5.68. The van der Waals surface area contributed by atoms with Crippen LogP contribution in [0.4, 0.5) is 0 Å². The van der Waals surface area contributed by atoms with Gasteiger partial charge >= 0.3 is 0 Å². The zero-order valence-electron chi connectivity index (χ0n) is 11.2. The molecule has 0 fully saturated rings. The maximum absolute atomic E-state index is 10.4. The van der Waals surface area contributed by atoms with Crippen LogP contribution in [0.1, 0.15) is 36.4 Å². The van der Waals surface area contributed by atoms with Crippen molar-refractivity contribution in [1.29, 1.82) is 0 Å². The second kappa shape index (κ2) is 6.47. The number of aryl methyl sites for hydroxylation is 2. The molecule has 2 aromatic rings. The molecule has 0 saturated heterocycles. The van der Waals surface area contributed by atoms with Crippen LogP contribution >= 0.6 is 22.6 Å². The molecule has 0 aliphatic rings. The van der Waals surface area contributed by atoms with Gasteiger partial charge in [-0.15, -0.1) is 0 Å². The fourth-order valence-corrected chi connectivity index (χ4v) is 2.77. The Morgan fingerprint density at radius 2 is 2.21 bits per heavy atom. The van der Waals surface area contributed by atoms with E-state index in [2.05, 4.69) is 52.6 Å². The maximum Gasteiger partial charge on any atom is 0.138 e. The molecule has 4 nitrogen and oxygen atoms in total. The fraction of sp³-hybridized carbons (Fsp3) is 0.429. The molecule has 1 N–H and O–H groups in total. The largest absolute Gasteiger partial charge is 0.388 e. The average Bonchev–Trinajstić information content (AvgIpc) is 2.80. The van der Waals surface area contributed by atoms with E-state index in [0.29, 0.717) is 6.42 Å². The Bertz CT molecular complexity index is 553. The minimum absolute atomic E-state index is 0.499. The van der Waals surface area contributed by atoms with Crippen LogP contribution in [0.25, 0.3) is 0 Å². The fourth-order valence-electron chi connectivity index (χ4n) is 2.06. The number of hydrogen-bond acceptors (Lipinski definition) is 3. The summed E-state index contributed by atoms with van der Waals surface area (Å²) in [7, 11) is 0. The van der Waals surface area contributed by atoms with Crippen molar-refractivity contribution in [2.24, 2.45) is 0 Å². The highest BCUT2D eigenvalue weighted by Gasteiger charge is 2.16. The van der Waals surface area contributed by atoms with Crippen LogP contribution in [-0.2, 0) is 13.0 Å². The lowest BCUT2D eigenvalue weighted by Gasteiger charge is -2.14. The Morgan fingerprint density at radius 3 is 2.95 bits per heavy atom. The molecule has 102 valence electrons. The summed E-state index contributed by atoms with van der Waals surface area (Å²) in [6.07, 6.45) is 2.53. The Kier molecular flexibility index (Phi) is 4.93. The Labute approximate surface area is 127 Å². The zero-order chi connectivity index (χ0) is 13.8. The lowest BCUT2D eigenvalue weighted by Crippen LogP contribution is -2.11. The third kappa shape index (κ3) is 3.33. The molecule has 1 unspecified atom stereocenters. The first-order valence-corrected chi connectivity index (χ1v) is 7.51. The van der Waals surface area contributed by atoms with E-state index in [9.17, 15) is 5.11 Å². The van der Waals surface area contributed by atoms with Crippen LogP contribution in [0.3, 0.4) is 0 Å². The summed E-state index contributed by atoms with van der Waals surface area (Å²) < 4.78 is 2.99. The van der Waals surface area contributed by atoms with E-state index in [1.54, 1.807) is 6.33 Å². The summed E-state index contributed by atoms with van der Waals surface area (Å²) in [5, 5.41) is 14.6. The summed E-state index contributed by atoms with van der Waals surface area (Å²) >= 11 is 2.28. The van der Waals surface area contributed by atoms with Gasteiger partial charge in [0.15, 0.2) is 0 Å². The van der Waals surface area contributed by atoms with Gasteiger partial charge < -0.3 is 5.11 Å². The smallest absolute Gasteiger partial charge is 0.138 e. The molecule has 0 aliphatic carbocycles. The number of nitrogens with zero attached hydrogens (tertiary/aromatic N) is 3. The molecule has 0 spiro atoms. The van der Waals surface area contributed by atoms with Crippen LogP contribution in [0.2, 0.25) is 0 Å². The third-order valence-corrected chi connectivity index (χ3v) is 4.56. The summed E-state index contributed by atoms with van der Waals surface area (Å²) in [5.74, 6) is 0.839. The van der Waals surface area contributed by atoms with Crippen LogP contribution in [0.5, 0.6) is 0 Å². The van der Waals surface area contributed by atoms with Crippen molar-refractivity contribution in [2.45, 2.75) is 39.3 Å². The van der Waals surface area contributed by atoms with Crippen molar-refractivity contribution in [2.75, 3.05) is 0 Å². The maximum atomic E-state index is 10.4.